The number of rotatable bonds is 6. The maximum Gasteiger partial charge on any atom is 0.262 e. The average molecular weight is 299 g/mol. The van der Waals surface area contributed by atoms with Gasteiger partial charge < -0.3 is 15.2 Å². The topological polar surface area (TPSA) is 58.6 Å². The zero-order valence-corrected chi connectivity index (χ0v) is 12.9. The van der Waals surface area contributed by atoms with E-state index >= 15 is 0 Å². The lowest BCUT2D eigenvalue weighted by Crippen LogP contribution is -2.20. The highest BCUT2D eigenvalue weighted by Crippen LogP contribution is 2.17. The summed E-state index contributed by atoms with van der Waals surface area (Å²) in [7, 11) is 0. The number of ether oxygens (including phenoxy) is 1. The van der Waals surface area contributed by atoms with Crippen LogP contribution in [0.15, 0.2) is 48.5 Å². The summed E-state index contributed by atoms with van der Waals surface area (Å²) in [5, 5.41) is 11.9. The third-order valence-corrected chi connectivity index (χ3v) is 3.31. The van der Waals surface area contributed by atoms with E-state index in [0.717, 1.165) is 11.3 Å². The Labute approximate surface area is 130 Å². The second-order valence-electron chi connectivity index (χ2n) is 5.42. The lowest BCUT2D eigenvalue weighted by Gasteiger charge is -2.10. The molecule has 0 atom stereocenters. The van der Waals surface area contributed by atoms with Gasteiger partial charge in [0.1, 0.15) is 5.75 Å². The monoisotopic (exact) mass is 299 g/mol. The molecular formula is C18H21NO3. The number of carbonyl (C=O) groups is 1. The Kier molecular flexibility index (Phi) is 5.55. The lowest BCUT2D eigenvalue weighted by molar-refractivity contribution is -0.118. The van der Waals surface area contributed by atoms with Crippen molar-refractivity contribution in [3.05, 3.63) is 59.7 Å². The number of hydrogen-bond donors (Lipinski definition) is 2. The van der Waals surface area contributed by atoms with E-state index in [1.54, 1.807) is 24.3 Å². The molecule has 2 rings (SSSR count). The summed E-state index contributed by atoms with van der Waals surface area (Å²) in [5.41, 5.74) is 2.74. The van der Waals surface area contributed by atoms with Crippen LogP contribution in [-0.2, 0) is 11.4 Å². The van der Waals surface area contributed by atoms with Gasteiger partial charge in [-0.05, 0) is 41.3 Å². The van der Waals surface area contributed by atoms with E-state index in [1.165, 1.54) is 5.56 Å². The van der Waals surface area contributed by atoms with Crippen molar-refractivity contribution in [1.29, 1.82) is 0 Å². The first-order chi connectivity index (χ1) is 10.6. The van der Waals surface area contributed by atoms with Crippen molar-refractivity contribution in [3.63, 3.8) is 0 Å². The molecule has 2 N–H and O–H groups in total. The number of anilines is 1. The van der Waals surface area contributed by atoms with Crippen molar-refractivity contribution in [2.45, 2.75) is 26.4 Å². The van der Waals surface area contributed by atoms with Gasteiger partial charge in [-0.2, -0.15) is 0 Å². The van der Waals surface area contributed by atoms with Gasteiger partial charge in [0.25, 0.3) is 5.91 Å². The van der Waals surface area contributed by atoms with Crippen LogP contribution in [0.3, 0.4) is 0 Å². The Bertz CT molecular complexity index is 620. The molecule has 1 amide bonds. The van der Waals surface area contributed by atoms with Crippen molar-refractivity contribution in [2.24, 2.45) is 0 Å². The molecule has 4 nitrogen and oxygen atoms in total. The van der Waals surface area contributed by atoms with Gasteiger partial charge in [-0.15, -0.1) is 0 Å². The van der Waals surface area contributed by atoms with Crippen molar-refractivity contribution < 1.29 is 14.6 Å². The summed E-state index contributed by atoms with van der Waals surface area (Å²) in [5.74, 6) is 0.815. The van der Waals surface area contributed by atoms with E-state index in [2.05, 4.69) is 19.2 Å². The van der Waals surface area contributed by atoms with Crippen LogP contribution in [0.5, 0.6) is 5.75 Å². The van der Waals surface area contributed by atoms with Crippen molar-refractivity contribution in [1.82, 2.24) is 0 Å². The Morgan fingerprint density at radius 3 is 2.55 bits per heavy atom. The molecule has 0 unspecified atom stereocenters. The first-order valence-electron chi connectivity index (χ1n) is 7.31. The molecule has 22 heavy (non-hydrogen) atoms. The minimum absolute atomic E-state index is 0.0500. The Hall–Kier alpha value is -2.33. The summed E-state index contributed by atoms with van der Waals surface area (Å²) in [4.78, 5) is 11.9. The standard InChI is InChI=1S/C18H21NO3/c1-13(2)15-6-8-16(9-7-15)19-18(21)12-22-17-5-3-4-14(10-17)11-20/h3-10,13,20H,11-12H2,1-2H3,(H,19,21). The maximum atomic E-state index is 11.9. The van der Waals surface area contributed by atoms with Gasteiger partial charge in [0, 0.05) is 5.69 Å². The molecule has 2 aromatic rings. The van der Waals surface area contributed by atoms with Crippen LogP contribution in [0.2, 0.25) is 0 Å². The van der Waals surface area contributed by atoms with Gasteiger partial charge in [-0.3, -0.25) is 4.79 Å². The average Bonchev–Trinajstić information content (AvgIpc) is 2.53. The van der Waals surface area contributed by atoms with E-state index in [-0.39, 0.29) is 19.1 Å². The molecule has 0 saturated carbocycles. The summed E-state index contributed by atoms with van der Waals surface area (Å²) in [6.07, 6.45) is 0. The zero-order chi connectivity index (χ0) is 15.9. The lowest BCUT2D eigenvalue weighted by atomic mass is 10.0. The molecule has 0 heterocycles. The number of aliphatic hydroxyl groups excluding tert-OH is 1. The first kappa shape index (κ1) is 16.0. The van der Waals surface area contributed by atoms with Crippen LogP contribution in [0.25, 0.3) is 0 Å². The van der Waals surface area contributed by atoms with Gasteiger partial charge in [-0.1, -0.05) is 38.1 Å². The fourth-order valence-electron chi connectivity index (χ4n) is 2.03. The molecule has 0 spiro atoms. The van der Waals surface area contributed by atoms with Gasteiger partial charge in [0.15, 0.2) is 6.61 Å². The van der Waals surface area contributed by atoms with Crippen LogP contribution in [0.4, 0.5) is 5.69 Å². The fourth-order valence-corrected chi connectivity index (χ4v) is 2.03. The van der Waals surface area contributed by atoms with E-state index in [1.807, 2.05) is 24.3 Å². The largest absolute Gasteiger partial charge is 0.484 e. The van der Waals surface area contributed by atoms with Gasteiger partial charge in [0.05, 0.1) is 6.61 Å². The summed E-state index contributed by atoms with van der Waals surface area (Å²) in [6, 6.07) is 14.8. The number of carbonyl (C=O) groups excluding carboxylic acids is 1. The van der Waals surface area contributed by atoms with E-state index < -0.39 is 0 Å². The Balaban J connectivity index is 1.87. The van der Waals surface area contributed by atoms with Crippen LogP contribution < -0.4 is 10.1 Å². The molecule has 0 aliphatic heterocycles. The summed E-state index contributed by atoms with van der Waals surface area (Å²) >= 11 is 0. The predicted molar refractivity (Wildman–Crippen MR) is 87.0 cm³/mol. The molecular weight excluding hydrogens is 278 g/mol. The highest BCUT2D eigenvalue weighted by atomic mass is 16.5. The van der Waals surface area contributed by atoms with Crippen LogP contribution in [-0.4, -0.2) is 17.6 Å². The molecule has 2 aromatic carbocycles. The smallest absolute Gasteiger partial charge is 0.262 e. The van der Waals surface area contributed by atoms with Crippen LogP contribution in [0, 0.1) is 0 Å². The molecule has 4 heteroatoms. The van der Waals surface area contributed by atoms with Gasteiger partial charge in [0.2, 0.25) is 0 Å². The van der Waals surface area contributed by atoms with E-state index in [9.17, 15) is 4.79 Å². The van der Waals surface area contributed by atoms with Crippen LogP contribution in [0.1, 0.15) is 30.9 Å². The van der Waals surface area contributed by atoms with E-state index in [0.29, 0.717) is 11.7 Å². The molecule has 0 aromatic heterocycles. The maximum absolute atomic E-state index is 11.9. The van der Waals surface area contributed by atoms with Crippen molar-refractivity contribution in [2.75, 3.05) is 11.9 Å². The molecule has 0 aliphatic carbocycles. The minimum atomic E-state index is -0.216. The molecule has 0 fully saturated rings. The second kappa shape index (κ2) is 7.61. The third-order valence-electron chi connectivity index (χ3n) is 3.31. The number of amides is 1. The van der Waals surface area contributed by atoms with Crippen molar-refractivity contribution >= 4 is 11.6 Å². The Morgan fingerprint density at radius 2 is 1.91 bits per heavy atom. The highest BCUT2D eigenvalue weighted by molar-refractivity contribution is 5.91. The molecule has 0 aliphatic rings. The number of hydrogen-bond acceptors (Lipinski definition) is 3. The van der Waals surface area contributed by atoms with E-state index in [4.69, 9.17) is 9.84 Å². The summed E-state index contributed by atoms with van der Waals surface area (Å²) in [6.45, 7) is 4.14. The molecule has 116 valence electrons. The normalized spacial score (nSPS) is 10.5. The Morgan fingerprint density at radius 1 is 1.18 bits per heavy atom. The second-order valence-corrected chi connectivity index (χ2v) is 5.42. The highest BCUT2D eigenvalue weighted by Gasteiger charge is 2.05. The molecule has 0 saturated heterocycles. The zero-order valence-electron chi connectivity index (χ0n) is 12.9. The number of nitrogens with one attached hydrogen (secondary N) is 1. The molecule has 0 bridgehead atoms. The van der Waals surface area contributed by atoms with Crippen molar-refractivity contribution in [3.8, 4) is 5.75 Å². The van der Waals surface area contributed by atoms with Crippen LogP contribution >= 0.6 is 0 Å². The van der Waals surface area contributed by atoms with Gasteiger partial charge in [-0.25, -0.2) is 0 Å². The third kappa shape index (κ3) is 4.60. The quantitative estimate of drug-likeness (QED) is 0.860. The first-order valence-corrected chi connectivity index (χ1v) is 7.31. The fraction of sp³-hybridized carbons (Fsp3) is 0.278. The minimum Gasteiger partial charge on any atom is -0.484 e. The predicted octanol–water partition coefficient (Wildman–Crippen LogP) is 3.32. The molecule has 0 radical (unpaired) electrons. The number of aliphatic hydroxyl groups is 1. The summed E-state index contributed by atoms with van der Waals surface area (Å²) < 4.78 is 5.42. The van der Waals surface area contributed by atoms with Gasteiger partial charge >= 0.3 is 0 Å². The number of benzene rings is 2. The SMILES string of the molecule is CC(C)c1ccc(NC(=O)COc2cccc(CO)c2)cc1.